The highest BCUT2D eigenvalue weighted by Gasteiger charge is 2.56. The predicted octanol–water partition coefficient (Wildman–Crippen LogP) is 2.96. The molecule has 1 saturated carbocycles. The summed E-state index contributed by atoms with van der Waals surface area (Å²) in [4.78, 5) is 14.4. The van der Waals surface area contributed by atoms with E-state index in [1.54, 1.807) is 23.1 Å². The van der Waals surface area contributed by atoms with Crippen LogP contribution < -0.4 is 0 Å². The molecule has 1 aliphatic carbocycles. The Kier molecular flexibility index (Phi) is 4.04. The van der Waals surface area contributed by atoms with Gasteiger partial charge in [-0.25, -0.2) is 4.39 Å². The maximum atomic E-state index is 13.8. The van der Waals surface area contributed by atoms with Crippen LogP contribution in [0.2, 0.25) is 0 Å². The number of fused-ring (bicyclic) bond motifs is 1. The van der Waals surface area contributed by atoms with Crippen molar-refractivity contribution in [1.82, 2.24) is 4.90 Å². The van der Waals surface area contributed by atoms with E-state index in [2.05, 4.69) is 0 Å². The van der Waals surface area contributed by atoms with Gasteiger partial charge in [0.25, 0.3) is 5.91 Å². The molecule has 0 bridgehead atoms. The minimum Gasteiger partial charge on any atom is -0.448 e. The smallest absolute Gasteiger partial charge is 0.289 e. The molecule has 2 unspecified atom stereocenters. The van der Waals surface area contributed by atoms with Crippen molar-refractivity contribution in [2.75, 3.05) is 19.7 Å². The number of ether oxygens (including phenoxy) is 1. The highest BCUT2D eigenvalue weighted by molar-refractivity contribution is 5.96. The van der Waals surface area contributed by atoms with E-state index in [1.165, 1.54) is 6.07 Å². The lowest BCUT2D eigenvalue weighted by atomic mass is 9.58. The van der Waals surface area contributed by atoms with Gasteiger partial charge in [-0.2, -0.15) is 0 Å². The van der Waals surface area contributed by atoms with Crippen LogP contribution in [0, 0.1) is 11.2 Å². The van der Waals surface area contributed by atoms with Crippen LogP contribution >= 0.6 is 0 Å². The summed E-state index contributed by atoms with van der Waals surface area (Å²) in [5.41, 5.74) is -0.114. The number of carbonyl (C=O) groups excluding carboxylic acids is 1. The summed E-state index contributed by atoms with van der Waals surface area (Å²) >= 11 is 0. The van der Waals surface area contributed by atoms with Gasteiger partial charge in [-0.1, -0.05) is 12.1 Å². The largest absolute Gasteiger partial charge is 0.448 e. The number of aliphatic hydroxyl groups excluding tert-OH is 1. The van der Waals surface area contributed by atoms with Gasteiger partial charge in [0.1, 0.15) is 0 Å². The average molecular weight is 347 g/mol. The fourth-order valence-corrected chi connectivity index (χ4v) is 4.23. The van der Waals surface area contributed by atoms with Gasteiger partial charge in [-0.15, -0.1) is 0 Å². The zero-order chi connectivity index (χ0) is 17.6. The van der Waals surface area contributed by atoms with E-state index >= 15 is 0 Å². The van der Waals surface area contributed by atoms with E-state index in [4.69, 9.17) is 9.15 Å². The van der Waals surface area contributed by atoms with Crippen molar-refractivity contribution in [3.05, 3.63) is 35.8 Å². The zero-order valence-corrected chi connectivity index (χ0v) is 14.2. The predicted molar refractivity (Wildman–Crippen MR) is 89.8 cm³/mol. The highest BCUT2D eigenvalue weighted by atomic mass is 19.1. The lowest BCUT2D eigenvalue weighted by Gasteiger charge is -2.56. The first kappa shape index (κ1) is 16.5. The van der Waals surface area contributed by atoms with E-state index in [0.717, 1.165) is 0 Å². The number of halogens is 1. The number of aliphatic hydroxyl groups is 1. The molecular formula is C19H22FNO4. The van der Waals surface area contributed by atoms with E-state index in [1.807, 2.05) is 6.92 Å². The van der Waals surface area contributed by atoms with Crippen molar-refractivity contribution in [2.45, 2.75) is 38.4 Å². The topological polar surface area (TPSA) is 62.9 Å². The number of piperidine rings is 1. The third-order valence-corrected chi connectivity index (χ3v) is 5.80. The molecule has 6 heteroatoms. The normalized spacial score (nSPS) is 25.3. The maximum absolute atomic E-state index is 13.8. The fourth-order valence-electron chi connectivity index (χ4n) is 4.23. The van der Waals surface area contributed by atoms with E-state index in [0.29, 0.717) is 44.3 Å². The molecule has 2 fully saturated rings. The highest BCUT2D eigenvalue weighted by Crippen LogP contribution is 2.51. The van der Waals surface area contributed by atoms with Crippen LogP contribution in [0.15, 0.2) is 28.7 Å². The number of carbonyl (C=O) groups is 1. The second-order valence-corrected chi connectivity index (χ2v) is 6.99. The molecule has 2 heterocycles. The molecule has 1 aromatic heterocycles. The quantitative estimate of drug-likeness (QED) is 0.927. The summed E-state index contributed by atoms with van der Waals surface area (Å²) in [5, 5.41) is 10.8. The number of furan rings is 1. The molecule has 4 rings (SSSR count). The van der Waals surface area contributed by atoms with Gasteiger partial charge < -0.3 is 19.2 Å². The van der Waals surface area contributed by atoms with Crippen LogP contribution in [0.4, 0.5) is 4.39 Å². The minimum absolute atomic E-state index is 0.0741. The Hall–Kier alpha value is -1.92. The van der Waals surface area contributed by atoms with Crippen molar-refractivity contribution < 1.29 is 23.4 Å². The number of para-hydroxylation sites is 1. The van der Waals surface area contributed by atoms with Gasteiger partial charge in [0.2, 0.25) is 0 Å². The molecular weight excluding hydrogens is 325 g/mol. The lowest BCUT2D eigenvalue weighted by molar-refractivity contribution is -0.207. The van der Waals surface area contributed by atoms with Crippen LogP contribution in [0.3, 0.4) is 0 Å². The molecule has 1 spiro atoms. The third-order valence-electron chi connectivity index (χ3n) is 5.80. The third kappa shape index (κ3) is 2.55. The number of nitrogens with zero attached hydrogens (tertiary/aromatic N) is 1. The van der Waals surface area contributed by atoms with Gasteiger partial charge in [0, 0.05) is 36.9 Å². The second-order valence-electron chi connectivity index (χ2n) is 6.99. The summed E-state index contributed by atoms with van der Waals surface area (Å²) in [6.45, 7) is 3.67. The molecule has 1 N–H and O–H groups in total. The Balaban J connectivity index is 1.48. The van der Waals surface area contributed by atoms with Crippen LogP contribution in [0.1, 0.15) is 36.7 Å². The first-order valence-corrected chi connectivity index (χ1v) is 8.82. The molecule has 1 saturated heterocycles. The fraction of sp³-hybridized carbons (Fsp3) is 0.526. The molecule has 2 atom stereocenters. The zero-order valence-electron chi connectivity index (χ0n) is 14.2. The van der Waals surface area contributed by atoms with Gasteiger partial charge in [0.15, 0.2) is 17.2 Å². The van der Waals surface area contributed by atoms with E-state index in [9.17, 15) is 14.3 Å². The first-order chi connectivity index (χ1) is 12.0. The Morgan fingerprint density at radius 1 is 1.44 bits per heavy atom. The van der Waals surface area contributed by atoms with Crippen molar-refractivity contribution in [3.63, 3.8) is 0 Å². The molecule has 5 nitrogen and oxygen atoms in total. The molecule has 0 radical (unpaired) electrons. The van der Waals surface area contributed by atoms with Crippen molar-refractivity contribution >= 4 is 16.9 Å². The summed E-state index contributed by atoms with van der Waals surface area (Å²) in [5.74, 6) is -0.537. The summed E-state index contributed by atoms with van der Waals surface area (Å²) in [6.07, 6.45) is 1.80. The first-order valence-electron chi connectivity index (χ1n) is 8.82. The van der Waals surface area contributed by atoms with Gasteiger partial charge >= 0.3 is 0 Å². The van der Waals surface area contributed by atoms with Crippen LogP contribution in [0.25, 0.3) is 11.0 Å². The Morgan fingerprint density at radius 3 is 2.84 bits per heavy atom. The van der Waals surface area contributed by atoms with Gasteiger partial charge in [0.05, 0.1) is 12.2 Å². The lowest BCUT2D eigenvalue weighted by Crippen LogP contribution is -2.62. The number of hydrogen-bond donors (Lipinski definition) is 1. The van der Waals surface area contributed by atoms with Crippen LogP contribution in [-0.4, -0.2) is 47.8 Å². The standard InChI is InChI=1S/C19H22FNO4/c1-2-24-16-11-15(22)19(16)6-8-21(9-7-19)18(23)14-10-12-4-3-5-13(20)17(12)25-14/h3-5,10,15-16,22H,2,6-9,11H2,1H3. The number of likely N-dealkylation sites (tertiary alicyclic amines) is 1. The summed E-state index contributed by atoms with van der Waals surface area (Å²) < 4.78 is 25.0. The summed E-state index contributed by atoms with van der Waals surface area (Å²) in [7, 11) is 0. The van der Waals surface area contributed by atoms with Crippen molar-refractivity contribution in [3.8, 4) is 0 Å². The number of hydrogen-bond acceptors (Lipinski definition) is 4. The Labute approximate surface area is 145 Å². The van der Waals surface area contributed by atoms with Crippen molar-refractivity contribution in [1.29, 1.82) is 0 Å². The monoisotopic (exact) mass is 347 g/mol. The number of benzene rings is 1. The van der Waals surface area contributed by atoms with E-state index < -0.39 is 5.82 Å². The molecule has 2 aromatic rings. The molecule has 25 heavy (non-hydrogen) atoms. The van der Waals surface area contributed by atoms with E-state index in [-0.39, 0.29) is 34.9 Å². The molecule has 2 aliphatic rings. The minimum atomic E-state index is -0.466. The Morgan fingerprint density at radius 2 is 2.20 bits per heavy atom. The van der Waals surface area contributed by atoms with Gasteiger partial charge in [-0.3, -0.25) is 4.79 Å². The molecule has 134 valence electrons. The molecule has 1 aliphatic heterocycles. The average Bonchev–Trinajstić information content (AvgIpc) is 3.07. The number of amides is 1. The SMILES string of the molecule is CCOC1CC(O)C12CCN(C(=O)c1cc3cccc(F)c3o1)CC2. The second kappa shape index (κ2) is 6.11. The van der Waals surface area contributed by atoms with Crippen LogP contribution in [-0.2, 0) is 4.74 Å². The maximum Gasteiger partial charge on any atom is 0.289 e. The van der Waals surface area contributed by atoms with Gasteiger partial charge in [-0.05, 0) is 31.9 Å². The van der Waals surface area contributed by atoms with Crippen molar-refractivity contribution in [2.24, 2.45) is 5.41 Å². The Bertz CT molecular complexity index is 792. The van der Waals surface area contributed by atoms with Crippen LogP contribution in [0.5, 0.6) is 0 Å². The summed E-state index contributed by atoms with van der Waals surface area (Å²) in [6, 6.07) is 6.22. The number of rotatable bonds is 3. The molecule has 1 aromatic carbocycles. The molecule has 1 amide bonds.